The van der Waals surface area contributed by atoms with Crippen LogP contribution in [0.2, 0.25) is 0 Å². The summed E-state index contributed by atoms with van der Waals surface area (Å²) in [5.41, 5.74) is 2.21. The van der Waals surface area contributed by atoms with E-state index in [1.807, 2.05) is 60.7 Å². The van der Waals surface area contributed by atoms with Crippen molar-refractivity contribution in [1.82, 2.24) is 15.0 Å². The van der Waals surface area contributed by atoms with Gasteiger partial charge >= 0.3 is 0 Å². The minimum absolute atomic E-state index is 0.0549. The van der Waals surface area contributed by atoms with Crippen LogP contribution in [0.5, 0.6) is 0 Å². The van der Waals surface area contributed by atoms with Gasteiger partial charge < -0.3 is 25.9 Å². The summed E-state index contributed by atoms with van der Waals surface area (Å²) < 4.78 is 0. The van der Waals surface area contributed by atoms with Gasteiger partial charge in [0.1, 0.15) is 0 Å². The molecule has 30 heavy (non-hydrogen) atoms. The molecule has 148 valence electrons. The molecular formula is C22H17N6O2-. The molecule has 0 fully saturated rings. The van der Waals surface area contributed by atoms with E-state index in [-0.39, 0.29) is 11.5 Å². The van der Waals surface area contributed by atoms with E-state index in [0.717, 1.165) is 11.4 Å². The Kier molecular flexibility index (Phi) is 5.47. The third-order valence-corrected chi connectivity index (χ3v) is 4.05. The Bertz CT molecular complexity index is 1090. The number of carbonyl (C=O) groups excluding carboxylic acids is 1. The molecule has 0 radical (unpaired) electrons. The molecule has 4 rings (SSSR count). The first-order valence-corrected chi connectivity index (χ1v) is 9.14. The number of anilines is 6. The molecule has 3 N–H and O–H groups in total. The molecule has 8 heteroatoms. The number of rotatable bonds is 7. The number of benzene rings is 3. The summed E-state index contributed by atoms with van der Waals surface area (Å²) in [5, 5.41) is 20.4. The lowest BCUT2D eigenvalue weighted by atomic mass is 10.2. The van der Waals surface area contributed by atoms with Crippen molar-refractivity contribution in [3.05, 3.63) is 90.5 Å². The van der Waals surface area contributed by atoms with E-state index in [0.29, 0.717) is 17.6 Å². The van der Waals surface area contributed by atoms with Crippen molar-refractivity contribution >= 4 is 40.9 Å². The summed E-state index contributed by atoms with van der Waals surface area (Å²) >= 11 is 0. The van der Waals surface area contributed by atoms with Crippen LogP contribution in [0, 0.1) is 0 Å². The molecule has 4 aromatic rings. The number of carboxylic acid groups (broad SMARTS) is 1. The number of nitrogens with zero attached hydrogens (tertiary/aromatic N) is 3. The maximum absolute atomic E-state index is 11.1. The molecule has 0 bridgehead atoms. The summed E-state index contributed by atoms with van der Waals surface area (Å²) in [5.74, 6) is -0.356. The predicted octanol–water partition coefficient (Wildman–Crippen LogP) is 3.47. The van der Waals surface area contributed by atoms with Gasteiger partial charge in [0.15, 0.2) is 0 Å². The lowest BCUT2D eigenvalue weighted by molar-refractivity contribution is -0.255. The monoisotopic (exact) mass is 397 g/mol. The van der Waals surface area contributed by atoms with Gasteiger partial charge in [0.05, 0.1) is 5.97 Å². The molecule has 1 heterocycles. The van der Waals surface area contributed by atoms with Crippen LogP contribution in [-0.2, 0) is 0 Å². The molecule has 0 spiro atoms. The first-order chi connectivity index (χ1) is 14.7. The SMILES string of the molecule is O=C([O-])c1cccc(Nc2nc(Nc3ccccc3)nc(Nc3ccccc3)n2)c1. The third kappa shape index (κ3) is 4.87. The van der Waals surface area contributed by atoms with Crippen LogP contribution in [0.4, 0.5) is 34.9 Å². The van der Waals surface area contributed by atoms with Crippen molar-refractivity contribution in [3.8, 4) is 0 Å². The summed E-state index contributed by atoms with van der Waals surface area (Å²) in [6.07, 6.45) is 0. The predicted molar refractivity (Wildman–Crippen MR) is 113 cm³/mol. The van der Waals surface area contributed by atoms with Gasteiger partial charge in [-0.1, -0.05) is 48.5 Å². The van der Waals surface area contributed by atoms with Gasteiger partial charge in [-0.05, 0) is 42.0 Å². The molecule has 0 amide bonds. The largest absolute Gasteiger partial charge is 0.545 e. The lowest BCUT2D eigenvalue weighted by Crippen LogP contribution is -2.22. The maximum Gasteiger partial charge on any atom is 0.233 e. The van der Waals surface area contributed by atoms with Crippen molar-refractivity contribution in [2.45, 2.75) is 0 Å². The van der Waals surface area contributed by atoms with E-state index >= 15 is 0 Å². The fourth-order valence-corrected chi connectivity index (χ4v) is 2.70. The molecule has 0 aliphatic rings. The van der Waals surface area contributed by atoms with Crippen LogP contribution >= 0.6 is 0 Å². The smallest absolute Gasteiger partial charge is 0.233 e. The molecule has 0 aliphatic heterocycles. The minimum atomic E-state index is -1.26. The number of aromatic carboxylic acids is 1. The van der Waals surface area contributed by atoms with Crippen LogP contribution in [-0.4, -0.2) is 20.9 Å². The van der Waals surface area contributed by atoms with Gasteiger partial charge in [0, 0.05) is 17.1 Å². The molecule has 0 saturated heterocycles. The van der Waals surface area contributed by atoms with Crippen molar-refractivity contribution < 1.29 is 9.90 Å². The molecular weight excluding hydrogens is 380 g/mol. The molecule has 0 saturated carbocycles. The van der Waals surface area contributed by atoms with E-state index in [4.69, 9.17) is 0 Å². The number of para-hydroxylation sites is 2. The van der Waals surface area contributed by atoms with E-state index < -0.39 is 5.97 Å². The Morgan fingerprint density at radius 1 is 0.600 bits per heavy atom. The van der Waals surface area contributed by atoms with Gasteiger partial charge in [-0.25, -0.2) is 0 Å². The average Bonchev–Trinajstić information content (AvgIpc) is 2.75. The molecule has 8 nitrogen and oxygen atoms in total. The highest BCUT2D eigenvalue weighted by Gasteiger charge is 2.09. The molecule has 0 aliphatic carbocycles. The number of carbonyl (C=O) groups is 1. The highest BCUT2D eigenvalue weighted by molar-refractivity contribution is 5.87. The first kappa shape index (κ1) is 18.9. The molecule has 1 aromatic heterocycles. The topological polar surface area (TPSA) is 115 Å². The van der Waals surface area contributed by atoms with E-state index in [9.17, 15) is 9.90 Å². The van der Waals surface area contributed by atoms with Gasteiger partial charge in [0.2, 0.25) is 17.8 Å². The Balaban J connectivity index is 1.65. The molecule has 0 atom stereocenters. The van der Waals surface area contributed by atoms with Crippen LogP contribution in [0.15, 0.2) is 84.9 Å². The Morgan fingerprint density at radius 3 is 1.50 bits per heavy atom. The van der Waals surface area contributed by atoms with Crippen LogP contribution in [0.3, 0.4) is 0 Å². The van der Waals surface area contributed by atoms with Gasteiger partial charge in [0.25, 0.3) is 0 Å². The maximum atomic E-state index is 11.1. The Labute approximate surface area is 172 Å². The second kappa shape index (κ2) is 8.70. The Morgan fingerprint density at radius 2 is 1.03 bits per heavy atom. The number of hydrogen-bond donors (Lipinski definition) is 3. The normalized spacial score (nSPS) is 10.3. The van der Waals surface area contributed by atoms with E-state index in [1.165, 1.54) is 12.1 Å². The fraction of sp³-hybridized carbons (Fsp3) is 0. The second-order valence-corrected chi connectivity index (χ2v) is 6.28. The number of carboxylic acids is 1. The quantitative estimate of drug-likeness (QED) is 0.434. The molecule has 0 unspecified atom stereocenters. The van der Waals surface area contributed by atoms with Crippen molar-refractivity contribution in [2.24, 2.45) is 0 Å². The second-order valence-electron chi connectivity index (χ2n) is 6.28. The number of aromatic nitrogens is 3. The lowest BCUT2D eigenvalue weighted by Gasteiger charge is -2.12. The van der Waals surface area contributed by atoms with E-state index in [2.05, 4.69) is 30.9 Å². The highest BCUT2D eigenvalue weighted by Crippen LogP contribution is 2.21. The minimum Gasteiger partial charge on any atom is -0.545 e. The number of hydrogen-bond acceptors (Lipinski definition) is 8. The van der Waals surface area contributed by atoms with E-state index in [1.54, 1.807) is 12.1 Å². The van der Waals surface area contributed by atoms with Crippen LogP contribution in [0.1, 0.15) is 10.4 Å². The van der Waals surface area contributed by atoms with Crippen LogP contribution < -0.4 is 21.1 Å². The number of nitrogens with one attached hydrogen (secondary N) is 3. The highest BCUT2D eigenvalue weighted by atomic mass is 16.4. The van der Waals surface area contributed by atoms with Crippen molar-refractivity contribution in [1.29, 1.82) is 0 Å². The standard InChI is InChI=1S/C22H18N6O2/c29-19(30)15-8-7-13-18(14-15)25-22-27-20(23-16-9-3-1-4-10-16)26-21(28-22)24-17-11-5-2-6-12-17/h1-14H,(H,29,30)(H3,23,24,25,26,27,28)/p-1. The zero-order chi connectivity index (χ0) is 20.8. The van der Waals surface area contributed by atoms with Crippen molar-refractivity contribution in [2.75, 3.05) is 16.0 Å². The average molecular weight is 397 g/mol. The summed E-state index contributed by atoms with van der Waals surface area (Å²) in [6, 6.07) is 25.2. The van der Waals surface area contributed by atoms with Gasteiger partial charge in [-0.15, -0.1) is 0 Å². The third-order valence-electron chi connectivity index (χ3n) is 4.05. The molecule has 3 aromatic carbocycles. The zero-order valence-electron chi connectivity index (χ0n) is 15.7. The van der Waals surface area contributed by atoms with Gasteiger partial charge in [-0.3, -0.25) is 0 Å². The summed E-state index contributed by atoms with van der Waals surface area (Å²) in [4.78, 5) is 24.3. The van der Waals surface area contributed by atoms with Crippen LogP contribution in [0.25, 0.3) is 0 Å². The Hall–Kier alpha value is -4.46. The zero-order valence-corrected chi connectivity index (χ0v) is 15.7. The summed E-state index contributed by atoms with van der Waals surface area (Å²) in [6.45, 7) is 0. The first-order valence-electron chi connectivity index (χ1n) is 9.14. The fourth-order valence-electron chi connectivity index (χ4n) is 2.70. The summed E-state index contributed by atoms with van der Waals surface area (Å²) in [7, 11) is 0. The van der Waals surface area contributed by atoms with Crippen molar-refractivity contribution in [3.63, 3.8) is 0 Å². The van der Waals surface area contributed by atoms with Gasteiger partial charge in [-0.2, -0.15) is 15.0 Å².